The summed E-state index contributed by atoms with van der Waals surface area (Å²) in [7, 11) is 2.16. The number of nitrogens with one attached hydrogen (secondary N) is 1. The third-order valence-corrected chi connectivity index (χ3v) is 5.46. The highest BCUT2D eigenvalue weighted by atomic mass is 14.9. The Morgan fingerprint density at radius 3 is 2.50 bits per heavy atom. The third-order valence-electron chi connectivity index (χ3n) is 5.46. The Morgan fingerprint density at radius 2 is 1.75 bits per heavy atom. The van der Waals surface area contributed by atoms with Gasteiger partial charge in [0.1, 0.15) is 0 Å². The number of hydrogen-bond acceptors (Lipinski definition) is 1. The van der Waals surface area contributed by atoms with E-state index in [1.54, 1.807) is 16.7 Å². The average molecular weight is 271 g/mol. The molecule has 1 nitrogen and oxygen atoms in total. The Kier molecular flexibility index (Phi) is 4.77. The monoisotopic (exact) mass is 271 g/mol. The molecular weight excluding hydrogens is 242 g/mol. The normalized spacial score (nSPS) is 21.4. The minimum absolute atomic E-state index is 0.674. The summed E-state index contributed by atoms with van der Waals surface area (Å²) in [5.74, 6) is 0.885. The van der Waals surface area contributed by atoms with Crippen molar-refractivity contribution in [1.82, 2.24) is 5.32 Å². The fourth-order valence-electron chi connectivity index (χ4n) is 4.22. The van der Waals surface area contributed by atoms with E-state index >= 15 is 0 Å². The minimum atomic E-state index is 0.674. The van der Waals surface area contributed by atoms with Gasteiger partial charge in [0.25, 0.3) is 0 Å². The average Bonchev–Trinajstić information content (AvgIpc) is 2.77. The second-order valence-electron chi connectivity index (χ2n) is 6.81. The van der Waals surface area contributed by atoms with Gasteiger partial charge in [-0.25, -0.2) is 0 Å². The molecule has 110 valence electrons. The molecule has 1 N–H and O–H groups in total. The van der Waals surface area contributed by atoms with Crippen LogP contribution < -0.4 is 5.32 Å². The first-order valence-corrected chi connectivity index (χ1v) is 8.65. The maximum Gasteiger partial charge on any atom is 0.0133 e. The first kappa shape index (κ1) is 14.1. The third kappa shape index (κ3) is 3.25. The Hall–Kier alpha value is -0.820. The van der Waals surface area contributed by atoms with Crippen molar-refractivity contribution in [2.45, 2.75) is 70.3 Å². The van der Waals surface area contributed by atoms with Gasteiger partial charge in [-0.3, -0.25) is 0 Å². The lowest BCUT2D eigenvalue weighted by Gasteiger charge is -2.26. The van der Waals surface area contributed by atoms with Crippen LogP contribution in [-0.2, 0) is 19.3 Å². The van der Waals surface area contributed by atoms with Gasteiger partial charge in [0, 0.05) is 6.04 Å². The second-order valence-corrected chi connectivity index (χ2v) is 6.81. The summed E-state index contributed by atoms with van der Waals surface area (Å²) < 4.78 is 0. The topological polar surface area (TPSA) is 12.0 Å². The zero-order chi connectivity index (χ0) is 13.8. The minimum Gasteiger partial charge on any atom is -0.316 e. The van der Waals surface area contributed by atoms with Crippen LogP contribution in [0.25, 0.3) is 0 Å². The summed E-state index contributed by atoms with van der Waals surface area (Å²) in [6, 6.07) is 7.93. The zero-order valence-corrected chi connectivity index (χ0v) is 13.0. The first-order valence-electron chi connectivity index (χ1n) is 8.65. The summed E-state index contributed by atoms with van der Waals surface area (Å²) in [6.07, 6.45) is 13.8. The van der Waals surface area contributed by atoms with Crippen LogP contribution >= 0.6 is 0 Å². The highest BCUT2D eigenvalue weighted by molar-refractivity contribution is 5.35. The lowest BCUT2D eigenvalue weighted by Crippen LogP contribution is -2.35. The molecule has 0 spiro atoms. The predicted molar refractivity (Wildman–Crippen MR) is 86.2 cm³/mol. The van der Waals surface area contributed by atoms with Crippen LogP contribution in [-0.4, -0.2) is 13.1 Å². The van der Waals surface area contributed by atoms with Crippen LogP contribution in [0.4, 0.5) is 0 Å². The highest BCUT2D eigenvalue weighted by Crippen LogP contribution is 2.28. The van der Waals surface area contributed by atoms with E-state index in [1.165, 1.54) is 64.2 Å². The van der Waals surface area contributed by atoms with Gasteiger partial charge in [0.05, 0.1) is 0 Å². The molecule has 0 radical (unpaired) electrons. The van der Waals surface area contributed by atoms with Gasteiger partial charge < -0.3 is 5.32 Å². The summed E-state index contributed by atoms with van der Waals surface area (Å²) in [5, 5.41) is 3.62. The van der Waals surface area contributed by atoms with Gasteiger partial charge in [0.2, 0.25) is 0 Å². The molecule has 1 heteroatoms. The van der Waals surface area contributed by atoms with Gasteiger partial charge in [-0.05, 0) is 68.2 Å². The van der Waals surface area contributed by atoms with Crippen LogP contribution in [0.5, 0.6) is 0 Å². The first-order chi connectivity index (χ1) is 9.86. The van der Waals surface area contributed by atoms with E-state index in [4.69, 9.17) is 0 Å². The smallest absolute Gasteiger partial charge is 0.0133 e. The van der Waals surface area contributed by atoms with Crippen molar-refractivity contribution in [2.75, 3.05) is 7.05 Å². The molecule has 1 unspecified atom stereocenters. The lowest BCUT2D eigenvalue weighted by molar-refractivity contribution is 0.332. The maximum atomic E-state index is 3.62. The molecule has 1 saturated carbocycles. The van der Waals surface area contributed by atoms with Gasteiger partial charge >= 0.3 is 0 Å². The molecule has 0 heterocycles. The number of aryl methyl sites for hydroxylation is 2. The van der Waals surface area contributed by atoms with E-state index in [-0.39, 0.29) is 0 Å². The molecular formula is C19H29N. The molecule has 2 aliphatic rings. The Balaban J connectivity index is 1.67. The highest BCUT2D eigenvalue weighted by Gasteiger charge is 2.22. The van der Waals surface area contributed by atoms with Crippen LogP contribution in [0.15, 0.2) is 18.2 Å². The van der Waals surface area contributed by atoms with E-state index in [1.807, 2.05) is 0 Å². The Bertz CT molecular complexity index is 429. The predicted octanol–water partition coefficient (Wildman–Crippen LogP) is 4.28. The van der Waals surface area contributed by atoms with Crippen molar-refractivity contribution < 1.29 is 0 Å². The molecule has 0 saturated heterocycles. The van der Waals surface area contributed by atoms with Gasteiger partial charge in [0.15, 0.2) is 0 Å². The number of rotatable bonds is 4. The molecule has 2 aliphatic carbocycles. The molecule has 1 fully saturated rings. The van der Waals surface area contributed by atoms with Crippen molar-refractivity contribution >= 4 is 0 Å². The summed E-state index contributed by atoms with van der Waals surface area (Å²) in [5.41, 5.74) is 4.77. The maximum absolute atomic E-state index is 3.62. The molecule has 1 aromatic carbocycles. The largest absolute Gasteiger partial charge is 0.316 e. The van der Waals surface area contributed by atoms with E-state index in [0.717, 1.165) is 5.92 Å². The summed E-state index contributed by atoms with van der Waals surface area (Å²) in [6.45, 7) is 0. The van der Waals surface area contributed by atoms with Crippen molar-refractivity contribution in [2.24, 2.45) is 5.92 Å². The SMILES string of the molecule is CNC(Cc1ccc2c(c1)CCC2)C1CCCCCC1. The van der Waals surface area contributed by atoms with Crippen LogP contribution in [0.3, 0.4) is 0 Å². The fourth-order valence-corrected chi connectivity index (χ4v) is 4.22. The number of likely N-dealkylation sites (N-methyl/N-ethyl adjacent to an activating group) is 1. The Labute approximate surface area is 124 Å². The Morgan fingerprint density at radius 1 is 1.00 bits per heavy atom. The second kappa shape index (κ2) is 6.76. The van der Waals surface area contributed by atoms with Crippen molar-refractivity contribution in [3.05, 3.63) is 34.9 Å². The molecule has 0 amide bonds. The zero-order valence-electron chi connectivity index (χ0n) is 13.0. The van der Waals surface area contributed by atoms with Crippen LogP contribution in [0, 0.1) is 5.92 Å². The number of benzene rings is 1. The van der Waals surface area contributed by atoms with Gasteiger partial charge in [-0.1, -0.05) is 43.9 Å². The standard InChI is InChI=1S/C19H29N/c1-20-19(17-7-4-2-3-5-8-17)14-15-11-12-16-9-6-10-18(16)13-15/h11-13,17,19-20H,2-10,14H2,1H3. The van der Waals surface area contributed by atoms with Crippen LogP contribution in [0.2, 0.25) is 0 Å². The molecule has 3 rings (SSSR count). The number of hydrogen-bond donors (Lipinski definition) is 1. The number of fused-ring (bicyclic) bond motifs is 1. The van der Waals surface area contributed by atoms with Crippen molar-refractivity contribution in [3.8, 4) is 0 Å². The molecule has 1 atom stereocenters. The van der Waals surface area contributed by atoms with Gasteiger partial charge in [-0.15, -0.1) is 0 Å². The molecule has 0 aromatic heterocycles. The quantitative estimate of drug-likeness (QED) is 0.806. The fraction of sp³-hybridized carbons (Fsp3) is 0.684. The molecule has 1 aromatic rings. The van der Waals surface area contributed by atoms with Crippen molar-refractivity contribution in [1.29, 1.82) is 0 Å². The van der Waals surface area contributed by atoms with E-state index in [2.05, 4.69) is 30.6 Å². The lowest BCUT2D eigenvalue weighted by atomic mass is 9.87. The summed E-state index contributed by atoms with van der Waals surface area (Å²) >= 11 is 0. The molecule has 0 aliphatic heterocycles. The van der Waals surface area contributed by atoms with E-state index < -0.39 is 0 Å². The van der Waals surface area contributed by atoms with Gasteiger partial charge in [-0.2, -0.15) is 0 Å². The van der Waals surface area contributed by atoms with E-state index in [0.29, 0.717) is 6.04 Å². The van der Waals surface area contributed by atoms with Crippen LogP contribution in [0.1, 0.15) is 61.6 Å². The summed E-state index contributed by atoms with van der Waals surface area (Å²) in [4.78, 5) is 0. The molecule has 20 heavy (non-hydrogen) atoms. The van der Waals surface area contributed by atoms with Crippen molar-refractivity contribution in [3.63, 3.8) is 0 Å². The molecule has 0 bridgehead atoms. The van der Waals surface area contributed by atoms with E-state index in [9.17, 15) is 0 Å².